The van der Waals surface area contributed by atoms with E-state index in [9.17, 15) is 14.4 Å². The quantitative estimate of drug-likeness (QED) is 0.767. The molecule has 1 fully saturated rings. The Bertz CT molecular complexity index is 942. The number of nitrogens with zero attached hydrogens (tertiary/aromatic N) is 2. The Morgan fingerprint density at radius 3 is 2.59 bits per heavy atom. The molecule has 4 rings (SSSR count). The third-order valence-corrected chi connectivity index (χ3v) is 5.75. The van der Waals surface area contributed by atoms with Crippen LogP contribution >= 0.6 is 0 Å². The molecule has 2 aromatic rings. The first-order valence-corrected chi connectivity index (χ1v) is 10.1. The van der Waals surface area contributed by atoms with Gasteiger partial charge in [-0.05, 0) is 56.1 Å². The number of benzene rings is 2. The summed E-state index contributed by atoms with van der Waals surface area (Å²) >= 11 is 0. The first-order chi connectivity index (χ1) is 14.1. The van der Waals surface area contributed by atoms with Crippen LogP contribution in [-0.2, 0) is 6.42 Å². The summed E-state index contributed by atoms with van der Waals surface area (Å²) in [5.74, 6) is -0.218. The van der Waals surface area contributed by atoms with E-state index in [0.29, 0.717) is 42.1 Å². The Balaban J connectivity index is 1.47. The van der Waals surface area contributed by atoms with Gasteiger partial charge in [0.2, 0.25) is 0 Å². The maximum atomic E-state index is 12.9. The fourth-order valence-electron chi connectivity index (χ4n) is 4.17. The van der Waals surface area contributed by atoms with Gasteiger partial charge in [0.1, 0.15) is 0 Å². The molecule has 0 aliphatic carbocycles. The van der Waals surface area contributed by atoms with Gasteiger partial charge in [0.05, 0.1) is 11.1 Å². The van der Waals surface area contributed by atoms with Crippen LogP contribution in [-0.4, -0.2) is 60.7 Å². The van der Waals surface area contributed by atoms with Crippen LogP contribution in [0.15, 0.2) is 48.5 Å². The predicted molar refractivity (Wildman–Crippen MR) is 110 cm³/mol. The molecule has 150 valence electrons. The number of rotatable bonds is 6. The molecule has 0 saturated carbocycles. The molecular formula is C23H25N3O3. The molecule has 6 heteroatoms. The van der Waals surface area contributed by atoms with E-state index in [1.54, 1.807) is 18.2 Å². The molecule has 2 aromatic carbocycles. The highest BCUT2D eigenvalue weighted by Crippen LogP contribution is 2.26. The lowest BCUT2D eigenvalue weighted by Crippen LogP contribution is -2.31. The van der Waals surface area contributed by atoms with Gasteiger partial charge in [-0.2, -0.15) is 0 Å². The maximum Gasteiger partial charge on any atom is 0.261 e. The second-order valence-corrected chi connectivity index (χ2v) is 7.72. The summed E-state index contributed by atoms with van der Waals surface area (Å²) in [5.41, 5.74) is 2.26. The molecule has 2 aliphatic rings. The number of carbonyl (C=O) groups is 3. The summed E-state index contributed by atoms with van der Waals surface area (Å²) in [6.07, 6.45) is 1.58. The number of nitrogens with one attached hydrogen (secondary N) is 1. The van der Waals surface area contributed by atoms with Crippen LogP contribution in [0.2, 0.25) is 0 Å². The monoisotopic (exact) mass is 391 g/mol. The SMILES string of the molecule is CNCC1CCN(C(=O)c2ccc3c(c2)C(=O)N(CCc2ccccc2)C3=O)C1. The second kappa shape index (κ2) is 8.17. The average Bonchev–Trinajstić information content (AvgIpc) is 3.30. The van der Waals surface area contributed by atoms with Gasteiger partial charge in [-0.1, -0.05) is 30.3 Å². The largest absolute Gasteiger partial charge is 0.338 e. The fraction of sp³-hybridized carbons (Fsp3) is 0.348. The Morgan fingerprint density at radius 1 is 1.07 bits per heavy atom. The molecule has 1 unspecified atom stereocenters. The van der Waals surface area contributed by atoms with Crippen LogP contribution < -0.4 is 5.32 Å². The number of likely N-dealkylation sites (tertiary alicyclic amines) is 1. The van der Waals surface area contributed by atoms with Crippen molar-refractivity contribution in [3.63, 3.8) is 0 Å². The lowest BCUT2D eigenvalue weighted by molar-refractivity contribution is 0.0655. The predicted octanol–water partition coefficient (Wildman–Crippen LogP) is 2.21. The summed E-state index contributed by atoms with van der Waals surface area (Å²) < 4.78 is 0. The lowest BCUT2D eigenvalue weighted by Gasteiger charge is -2.17. The van der Waals surface area contributed by atoms with Crippen LogP contribution in [0.3, 0.4) is 0 Å². The normalized spacial score (nSPS) is 18.4. The van der Waals surface area contributed by atoms with Gasteiger partial charge in [0.15, 0.2) is 0 Å². The van der Waals surface area contributed by atoms with Gasteiger partial charge in [0, 0.05) is 25.2 Å². The zero-order chi connectivity index (χ0) is 20.4. The Labute approximate surface area is 170 Å². The molecule has 3 amide bonds. The zero-order valence-corrected chi connectivity index (χ0v) is 16.6. The van der Waals surface area contributed by atoms with Gasteiger partial charge in [-0.3, -0.25) is 19.3 Å². The van der Waals surface area contributed by atoms with E-state index in [4.69, 9.17) is 0 Å². The van der Waals surface area contributed by atoms with E-state index in [0.717, 1.165) is 25.1 Å². The molecule has 1 atom stereocenters. The molecular weight excluding hydrogens is 366 g/mol. The number of fused-ring (bicyclic) bond motifs is 1. The Kier molecular flexibility index (Phi) is 5.45. The van der Waals surface area contributed by atoms with E-state index in [2.05, 4.69) is 5.32 Å². The molecule has 0 aromatic heterocycles. The summed E-state index contributed by atoms with van der Waals surface area (Å²) in [4.78, 5) is 41.5. The van der Waals surface area contributed by atoms with E-state index in [1.807, 2.05) is 42.3 Å². The Hall–Kier alpha value is -2.99. The standard InChI is InChI=1S/C23H25N3O3/c1-24-14-17-9-11-25(15-17)21(27)18-7-8-19-20(13-18)23(29)26(22(19)28)12-10-16-5-3-2-4-6-16/h2-8,13,17,24H,9-12,14-15H2,1H3. The first-order valence-electron chi connectivity index (χ1n) is 10.1. The van der Waals surface area contributed by atoms with Gasteiger partial charge in [-0.15, -0.1) is 0 Å². The van der Waals surface area contributed by atoms with Crippen molar-refractivity contribution < 1.29 is 14.4 Å². The number of carbonyl (C=O) groups excluding carboxylic acids is 3. The van der Waals surface area contributed by atoms with Crippen LogP contribution in [0.5, 0.6) is 0 Å². The minimum Gasteiger partial charge on any atom is -0.338 e. The summed E-state index contributed by atoms with van der Waals surface area (Å²) in [7, 11) is 1.91. The maximum absolute atomic E-state index is 12.9. The summed E-state index contributed by atoms with van der Waals surface area (Å²) in [5, 5.41) is 3.16. The third kappa shape index (κ3) is 3.80. The van der Waals surface area contributed by atoms with E-state index >= 15 is 0 Å². The van der Waals surface area contributed by atoms with Gasteiger partial charge in [-0.25, -0.2) is 0 Å². The minimum absolute atomic E-state index is 0.0746. The van der Waals surface area contributed by atoms with E-state index in [1.165, 1.54) is 4.90 Å². The van der Waals surface area contributed by atoms with E-state index in [-0.39, 0.29) is 17.7 Å². The number of amides is 3. The van der Waals surface area contributed by atoms with Crippen LogP contribution in [0, 0.1) is 5.92 Å². The second-order valence-electron chi connectivity index (χ2n) is 7.72. The Morgan fingerprint density at radius 2 is 1.83 bits per heavy atom. The van der Waals surface area contributed by atoms with Crippen LogP contribution in [0.1, 0.15) is 43.1 Å². The molecule has 2 aliphatic heterocycles. The highest BCUT2D eigenvalue weighted by molar-refractivity contribution is 6.22. The number of imide groups is 1. The summed E-state index contributed by atoms with van der Waals surface area (Å²) in [6, 6.07) is 14.6. The van der Waals surface area contributed by atoms with E-state index < -0.39 is 0 Å². The van der Waals surface area contributed by atoms with Gasteiger partial charge < -0.3 is 10.2 Å². The number of hydrogen-bond acceptors (Lipinski definition) is 4. The van der Waals surface area contributed by atoms with Crippen molar-refractivity contribution in [2.24, 2.45) is 5.92 Å². The average molecular weight is 391 g/mol. The van der Waals surface area contributed by atoms with Crippen molar-refractivity contribution in [3.05, 3.63) is 70.8 Å². The van der Waals surface area contributed by atoms with Crippen molar-refractivity contribution >= 4 is 17.7 Å². The fourth-order valence-corrected chi connectivity index (χ4v) is 4.17. The highest BCUT2D eigenvalue weighted by Gasteiger charge is 2.36. The molecule has 1 saturated heterocycles. The molecule has 0 radical (unpaired) electrons. The molecule has 6 nitrogen and oxygen atoms in total. The lowest BCUT2D eigenvalue weighted by atomic mass is 10.0. The van der Waals surface area contributed by atoms with Crippen molar-refractivity contribution in [1.29, 1.82) is 0 Å². The highest BCUT2D eigenvalue weighted by atomic mass is 16.2. The van der Waals surface area contributed by atoms with Crippen molar-refractivity contribution in [2.75, 3.05) is 33.2 Å². The molecule has 0 bridgehead atoms. The summed E-state index contributed by atoms with van der Waals surface area (Å²) in [6.45, 7) is 2.65. The topological polar surface area (TPSA) is 69.7 Å². The van der Waals surface area contributed by atoms with Crippen LogP contribution in [0.4, 0.5) is 0 Å². The van der Waals surface area contributed by atoms with Gasteiger partial charge >= 0.3 is 0 Å². The molecule has 29 heavy (non-hydrogen) atoms. The van der Waals surface area contributed by atoms with Gasteiger partial charge in [0.25, 0.3) is 17.7 Å². The molecule has 0 spiro atoms. The van der Waals surface area contributed by atoms with Crippen LogP contribution in [0.25, 0.3) is 0 Å². The molecule has 2 heterocycles. The van der Waals surface area contributed by atoms with Crippen molar-refractivity contribution in [3.8, 4) is 0 Å². The van der Waals surface area contributed by atoms with Crippen molar-refractivity contribution in [1.82, 2.24) is 15.1 Å². The number of hydrogen-bond donors (Lipinski definition) is 1. The van der Waals surface area contributed by atoms with Crippen molar-refractivity contribution in [2.45, 2.75) is 12.8 Å². The minimum atomic E-state index is -0.315. The first kappa shape index (κ1) is 19.3. The third-order valence-electron chi connectivity index (χ3n) is 5.75. The molecule has 1 N–H and O–H groups in total. The smallest absolute Gasteiger partial charge is 0.261 e. The zero-order valence-electron chi connectivity index (χ0n) is 16.6.